The smallest absolute Gasteiger partial charge is 0.262 e. The molecule has 20 heavy (non-hydrogen) atoms. The van der Waals surface area contributed by atoms with Crippen LogP contribution in [-0.4, -0.2) is 25.7 Å². The Bertz CT molecular complexity index is 721. The number of nitrogens with one attached hydrogen (secondary N) is 2. The van der Waals surface area contributed by atoms with Gasteiger partial charge in [0.25, 0.3) is 5.91 Å². The van der Waals surface area contributed by atoms with Crippen LogP contribution in [0, 0.1) is 6.92 Å². The van der Waals surface area contributed by atoms with E-state index in [1.165, 1.54) is 11.3 Å². The van der Waals surface area contributed by atoms with Crippen molar-refractivity contribution in [2.24, 2.45) is 7.05 Å². The number of rotatable bonds is 3. The van der Waals surface area contributed by atoms with Crippen LogP contribution in [0.1, 0.15) is 34.2 Å². The Morgan fingerprint density at radius 2 is 2.35 bits per heavy atom. The van der Waals surface area contributed by atoms with Gasteiger partial charge in [0.15, 0.2) is 0 Å². The first kappa shape index (κ1) is 12.9. The van der Waals surface area contributed by atoms with Gasteiger partial charge in [0, 0.05) is 24.8 Å². The molecule has 1 atom stereocenters. The number of nitrogens with zero attached hydrogens (tertiary/aromatic N) is 3. The van der Waals surface area contributed by atoms with E-state index in [1.807, 2.05) is 31.6 Å². The van der Waals surface area contributed by atoms with Gasteiger partial charge in [-0.1, -0.05) is 0 Å². The Hall–Kier alpha value is -2.15. The van der Waals surface area contributed by atoms with Gasteiger partial charge in [0.2, 0.25) is 0 Å². The molecule has 0 spiro atoms. The zero-order chi connectivity index (χ0) is 14.3. The Morgan fingerprint density at radius 1 is 1.55 bits per heavy atom. The predicted molar refractivity (Wildman–Crippen MR) is 77.8 cm³/mol. The second kappa shape index (κ2) is 4.75. The van der Waals surface area contributed by atoms with Crippen molar-refractivity contribution in [2.75, 3.05) is 0 Å². The monoisotopic (exact) mass is 289 g/mol. The average Bonchev–Trinajstić information content (AvgIpc) is 3.11. The molecule has 3 heterocycles. The summed E-state index contributed by atoms with van der Waals surface area (Å²) >= 11 is 1.45. The maximum atomic E-state index is 12.3. The van der Waals surface area contributed by atoms with Crippen molar-refractivity contribution in [3.05, 3.63) is 34.9 Å². The average molecular weight is 289 g/mol. The van der Waals surface area contributed by atoms with Crippen LogP contribution in [0.25, 0.3) is 10.2 Å². The highest BCUT2D eigenvalue weighted by Crippen LogP contribution is 2.27. The minimum absolute atomic E-state index is 0.0884. The van der Waals surface area contributed by atoms with Crippen molar-refractivity contribution >= 4 is 27.5 Å². The van der Waals surface area contributed by atoms with Gasteiger partial charge in [-0.2, -0.15) is 5.10 Å². The number of H-pyrrole nitrogens is 1. The fourth-order valence-electron chi connectivity index (χ4n) is 2.17. The molecule has 6 nitrogen and oxygen atoms in total. The van der Waals surface area contributed by atoms with E-state index < -0.39 is 0 Å². The number of fused-ring (bicyclic) bond motifs is 1. The first-order chi connectivity index (χ1) is 9.56. The number of amides is 1. The third-order valence-corrected chi connectivity index (χ3v) is 4.40. The lowest BCUT2D eigenvalue weighted by atomic mass is 10.3. The molecule has 104 valence electrons. The van der Waals surface area contributed by atoms with Crippen LogP contribution in [0.4, 0.5) is 0 Å². The van der Waals surface area contributed by atoms with Crippen LogP contribution >= 0.6 is 11.3 Å². The number of aromatic nitrogens is 4. The second-order valence-corrected chi connectivity index (χ2v) is 5.74. The van der Waals surface area contributed by atoms with Gasteiger partial charge < -0.3 is 10.3 Å². The highest BCUT2D eigenvalue weighted by molar-refractivity contribution is 7.20. The molecule has 1 unspecified atom stereocenters. The molecular formula is C13H15N5OS. The molecule has 0 aliphatic rings. The van der Waals surface area contributed by atoms with Gasteiger partial charge in [-0.15, -0.1) is 11.3 Å². The van der Waals surface area contributed by atoms with E-state index in [4.69, 9.17) is 0 Å². The molecule has 0 saturated carbocycles. The fraction of sp³-hybridized carbons (Fsp3) is 0.308. The van der Waals surface area contributed by atoms with E-state index >= 15 is 0 Å². The summed E-state index contributed by atoms with van der Waals surface area (Å²) in [7, 11) is 1.89. The molecule has 0 fully saturated rings. The van der Waals surface area contributed by atoms with Crippen LogP contribution < -0.4 is 5.32 Å². The summed E-state index contributed by atoms with van der Waals surface area (Å²) in [6.45, 7) is 3.85. The summed E-state index contributed by atoms with van der Waals surface area (Å²) in [6, 6.07) is 1.74. The summed E-state index contributed by atoms with van der Waals surface area (Å²) in [5.41, 5.74) is 0.942. The van der Waals surface area contributed by atoms with Gasteiger partial charge >= 0.3 is 0 Å². The van der Waals surface area contributed by atoms with Crippen molar-refractivity contribution in [1.29, 1.82) is 0 Å². The molecule has 1 amide bonds. The second-order valence-electron chi connectivity index (χ2n) is 4.71. The molecule has 0 aliphatic heterocycles. The van der Waals surface area contributed by atoms with E-state index in [9.17, 15) is 4.79 Å². The van der Waals surface area contributed by atoms with Crippen molar-refractivity contribution < 1.29 is 4.79 Å². The lowest BCUT2D eigenvalue weighted by molar-refractivity contribution is 0.0942. The number of hydrogen-bond acceptors (Lipinski definition) is 4. The topological polar surface area (TPSA) is 75.6 Å². The maximum Gasteiger partial charge on any atom is 0.262 e. The SMILES string of the molecule is Cc1nn(C)c2sc(C(=O)NC(C)c3ncc[nH]3)cc12. The molecule has 0 bridgehead atoms. The number of aromatic amines is 1. The van der Waals surface area contributed by atoms with E-state index in [0.717, 1.165) is 21.7 Å². The van der Waals surface area contributed by atoms with Crippen LogP contribution in [-0.2, 0) is 7.05 Å². The maximum absolute atomic E-state index is 12.3. The molecule has 7 heteroatoms. The van der Waals surface area contributed by atoms with Crippen LogP contribution in [0.2, 0.25) is 0 Å². The minimum Gasteiger partial charge on any atom is -0.347 e. The molecule has 0 radical (unpaired) electrons. The summed E-state index contributed by atoms with van der Waals surface area (Å²) in [6.07, 6.45) is 3.42. The van der Waals surface area contributed by atoms with Crippen molar-refractivity contribution in [2.45, 2.75) is 19.9 Å². The number of carbonyl (C=O) groups excluding carboxylic acids is 1. The molecule has 0 saturated heterocycles. The highest BCUT2D eigenvalue weighted by atomic mass is 32.1. The predicted octanol–water partition coefficient (Wildman–Crippen LogP) is 2.16. The Balaban J connectivity index is 1.84. The Morgan fingerprint density at radius 3 is 3.00 bits per heavy atom. The molecule has 0 aliphatic carbocycles. The number of hydrogen-bond donors (Lipinski definition) is 2. The molecular weight excluding hydrogens is 274 g/mol. The van der Waals surface area contributed by atoms with Crippen LogP contribution in [0.15, 0.2) is 18.5 Å². The Kier molecular flexibility index (Phi) is 3.06. The van der Waals surface area contributed by atoms with E-state index in [1.54, 1.807) is 12.4 Å². The van der Waals surface area contributed by atoms with Gasteiger partial charge in [-0.05, 0) is 19.9 Å². The van der Waals surface area contributed by atoms with Gasteiger partial charge in [-0.3, -0.25) is 9.48 Å². The summed E-state index contributed by atoms with van der Waals surface area (Å²) in [5, 5.41) is 8.30. The molecule has 3 rings (SSSR count). The van der Waals surface area contributed by atoms with Gasteiger partial charge in [-0.25, -0.2) is 4.98 Å². The zero-order valence-electron chi connectivity index (χ0n) is 11.5. The number of aryl methyl sites for hydroxylation is 2. The normalized spacial score (nSPS) is 12.8. The lowest BCUT2D eigenvalue weighted by Crippen LogP contribution is -2.26. The van der Waals surface area contributed by atoms with Gasteiger partial charge in [0.1, 0.15) is 10.7 Å². The van der Waals surface area contributed by atoms with E-state index in [-0.39, 0.29) is 11.9 Å². The first-order valence-electron chi connectivity index (χ1n) is 6.29. The van der Waals surface area contributed by atoms with E-state index in [2.05, 4.69) is 20.4 Å². The van der Waals surface area contributed by atoms with Crippen LogP contribution in [0.5, 0.6) is 0 Å². The van der Waals surface area contributed by atoms with E-state index in [0.29, 0.717) is 4.88 Å². The molecule has 3 aromatic rings. The lowest BCUT2D eigenvalue weighted by Gasteiger charge is -2.10. The highest BCUT2D eigenvalue weighted by Gasteiger charge is 2.17. The molecule has 3 aromatic heterocycles. The molecule has 0 aromatic carbocycles. The van der Waals surface area contributed by atoms with Crippen LogP contribution in [0.3, 0.4) is 0 Å². The number of thiophene rings is 1. The number of carbonyl (C=O) groups is 1. The zero-order valence-corrected chi connectivity index (χ0v) is 12.3. The summed E-state index contributed by atoms with van der Waals surface area (Å²) in [4.78, 5) is 21.1. The fourth-order valence-corrected chi connectivity index (χ4v) is 3.19. The third-order valence-electron chi connectivity index (χ3n) is 3.20. The summed E-state index contributed by atoms with van der Waals surface area (Å²) in [5.74, 6) is 0.659. The van der Waals surface area contributed by atoms with Crippen molar-refractivity contribution in [3.8, 4) is 0 Å². The number of imidazole rings is 1. The van der Waals surface area contributed by atoms with Gasteiger partial charge in [0.05, 0.1) is 16.6 Å². The largest absolute Gasteiger partial charge is 0.347 e. The minimum atomic E-state index is -0.151. The van der Waals surface area contributed by atoms with Crippen molar-refractivity contribution in [1.82, 2.24) is 25.1 Å². The van der Waals surface area contributed by atoms with Crippen molar-refractivity contribution in [3.63, 3.8) is 0 Å². The summed E-state index contributed by atoms with van der Waals surface area (Å²) < 4.78 is 1.81. The first-order valence-corrected chi connectivity index (χ1v) is 7.11. The third kappa shape index (κ3) is 2.09. The molecule has 2 N–H and O–H groups in total. The quantitative estimate of drug-likeness (QED) is 0.775. The standard InChI is InChI=1S/C13H15N5OS/c1-7-9-6-10(20-13(9)18(3)17-7)12(19)16-8(2)11-14-4-5-15-11/h4-6,8H,1-3H3,(H,14,15)(H,16,19). The Labute approximate surface area is 119 Å².